The van der Waals surface area contributed by atoms with Crippen LogP contribution in [-0.4, -0.2) is 25.0 Å². The van der Waals surface area contributed by atoms with E-state index in [4.69, 9.17) is 4.42 Å². The van der Waals surface area contributed by atoms with Gasteiger partial charge in [0, 0.05) is 11.3 Å². The average Bonchev–Trinajstić information content (AvgIpc) is 2.81. The van der Waals surface area contributed by atoms with Crippen molar-refractivity contribution in [2.45, 2.75) is 44.9 Å². The quantitative estimate of drug-likeness (QED) is 0.757. The fourth-order valence-corrected chi connectivity index (χ4v) is 3.02. The summed E-state index contributed by atoms with van der Waals surface area (Å²) in [6.45, 7) is 9.12. The summed E-state index contributed by atoms with van der Waals surface area (Å²) in [7, 11) is 2.20. The number of benzene rings is 1. The lowest BCUT2D eigenvalue weighted by atomic mass is 9.86. The Bertz CT molecular complexity index is 597. The summed E-state index contributed by atoms with van der Waals surface area (Å²) in [6.07, 6.45) is 2.42. The number of likely N-dealkylation sites (tertiary alicyclic amines) is 1. The highest BCUT2D eigenvalue weighted by molar-refractivity contribution is 5.79. The van der Waals surface area contributed by atoms with Gasteiger partial charge in [-0.1, -0.05) is 26.8 Å². The van der Waals surface area contributed by atoms with Crippen LogP contribution in [-0.2, 0) is 5.41 Å². The second-order valence-corrected chi connectivity index (χ2v) is 7.23. The second kappa shape index (κ2) is 4.92. The Morgan fingerprint density at radius 1 is 1.10 bits per heavy atom. The molecule has 0 saturated carbocycles. The molecule has 1 aliphatic rings. The minimum Gasteiger partial charge on any atom is -0.461 e. The predicted octanol–water partition coefficient (Wildman–Crippen LogP) is 4.54. The van der Waals surface area contributed by atoms with Crippen molar-refractivity contribution in [3.63, 3.8) is 0 Å². The molecule has 0 amide bonds. The molecular formula is C18H25NO. The van der Waals surface area contributed by atoms with E-state index in [9.17, 15) is 0 Å². The number of hydrogen-bond donors (Lipinski definition) is 0. The molecule has 2 nitrogen and oxygen atoms in total. The van der Waals surface area contributed by atoms with E-state index in [0.29, 0.717) is 5.92 Å². The first kappa shape index (κ1) is 13.7. The third-order valence-electron chi connectivity index (χ3n) is 4.52. The number of furan rings is 1. The third kappa shape index (κ3) is 2.62. The molecule has 2 heterocycles. The molecule has 2 aromatic rings. The highest BCUT2D eigenvalue weighted by atomic mass is 16.3. The number of hydrogen-bond acceptors (Lipinski definition) is 2. The molecular weight excluding hydrogens is 246 g/mol. The zero-order chi connectivity index (χ0) is 14.3. The zero-order valence-electron chi connectivity index (χ0n) is 13.1. The summed E-state index contributed by atoms with van der Waals surface area (Å²) in [5, 5.41) is 1.26. The van der Waals surface area contributed by atoms with E-state index in [0.717, 1.165) is 5.58 Å². The third-order valence-corrected chi connectivity index (χ3v) is 4.52. The van der Waals surface area contributed by atoms with E-state index < -0.39 is 0 Å². The molecule has 1 aromatic carbocycles. The van der Waals surface area contributed by atoms with Gasteiger partial charge in [0.05, 0.1) is 0 Å². The molecule has 0 radical (unpaired) electrons. The molecule has 0 bridgehead atoms. The predicted molar refractivity (Wildman–Crippen MR) is 84.4 cm³/mol. The lowest BCUT2D eigenvalue weighted by molar-refractivity contribution is 0.242. The van der Waals surface area contributed by atoms with Crippen LogP contribution >= 0.6 is 0 Å². The second-order valence-electron chi connectivity index (χ2n) is 7.23. The van der Waals surface area contributed by atoms with Crippen molar-refractivity contribution in [2.24, 2.45) is 0 Å². The van der Waals surface area contributed by atoms with Crippen LogP contribution in [0.4, 0.5) is 0 Å². The average molecular weight is 271 g/mol. The Kier molecular flexibility index (Phi) is 3.37. The van der Waals surface area contributed by atoms with Crippen molar-refractivity contribution in [3.05, 3.63) is 35.6 Å². The van der Waals surface area contributed by atoms with Crippen molar-refractivity contribution in [3.8, 4) is 0 Å². The number of fused-ring (bicyclic) bond motifs is 1. The molecule has 0 spiro atoms. The summed E-state index contributed by atoms with van der Waals surface area (Å²) in [5.41, 5.74) is 2.60. The SMILES string of the molecule is CN1CCC(c2cc3cc(C(C)(C)C)ccc3o2)CC1. The van der Waals surface area contributed by atoms with Crippen LogP contribution in [0.15, 0.2) is 28.7 Å². The summed E-state index contributed by atoms with van der Waals surface area (Å²) >= 11 is 0. The maximum Gasteiger partial charge on any atom is 0.134 e. The lowest BCUT2D eigenvalue weighted by Gasteiger charge is -2.27. The van der Waals surface area contributed by atoms with Crippen molar-refractivity contribution in [1.82, 2.24) is 4.90 Å². The summed E-state index contributed by atoms with van der Waals surface area (Å²) in [4.78, 5) is 2.40. The molecule has 0 aliphatic carbocycles. The molecule has 1 aromatic heterocycles. The van der Waals surface area contributed by atoms with Crippen molar-refractivity contribution >= 4 is 11.0 Å². The summed E-state index contributed by atoms with van der Waals surface area (Å²) in [6, 6.07) is 8.89. The Hall–Kier alpha value is -1.28. The summed E-state index contributed by atoms with van der Waals surface area (Å²) < 4.78 is 6.09. The van der Waals surface area contributed by atoms with E-state index in [1.165, 1.54) is 42.6 Å². The van der Waals surface area contributed by atoms with Gasteiger partial charge in [-0.2, -0.15) is 0 Å². The van der Waals surface area contributed by atoms with E-state index in [1.807, 2.05) is 0 Å². The maximum absolute atomic E-state index is 6.09. The van der Waals surface area contributed by atoms with Gasteiger partial charge in [-0.3, -0.25) is 0 Å². The normalized spacial score (nSPS) is 18.8. The molecule has 1 saturated heterocycles. The van der Waals surface area contributed by atoms with Crippen molar-refractivity contribution < 1.29 is 4.42 Å². The molecule has 0 atom stereocenters. The number of rotatable bonds is 1. The van der Waals surface area contributed by atoms with Crippen LogP contribution in [0.5, 0.6) is 0 Å². The van der Waals surface area contributed by atoms with E-state index in [1.54, 1.807) is 0 Å². The van der Waals surface area contributed by atoms with E-state index in [2.05, 4.69) is 57.0 Å². The van der Waals surface area contributed by atoms with E-state index in [-0.39, 0.29) is 5.41 Å². The van der Waals surface area contributed by atoms with Gasteiger partial charge >= 0.3 is 0 Å². The van der Waals surface area contributed by atoms with Gasteiger partial charge in [0.2, 0.25) is 0 Å². The fraction of sp³-hybridized carbons (Fsp3) is 0.556. The van der Waals surface area contributed by atoms with Gasteiger partial charge in [-0.25, -0.2) is 0 Å². The Morgan fingerprint density at radius 2 is 1.80 bits per heavy atom. The number of piperidine rings is 1. The van der Waals surface area contributed by atoms with Crippen LogP contribution in [0.1, 0.15) is 50.9 Å². The van der Waals surface area contributed by atoms with Gasteiger partial charge in [-0.05, 0) is 62.2 Å². The first-order valence-corrected chi connectivity index (χ1v) is 7.66. The van der Waals surface area contributed by atoms with Crippen molar-refractivity contribution in [1.29, 1.82) is 0 Å². The smallest absolute Gasteiger partial charge is 0.134 e. The zero-order valence-corrected chi connectivity index (χ0v) is 13.1. The van der Waals surface area contributed by atoms with Gasteiger partial charge in [0.1, 0.15) is 11.3 Å². The van der Waals surface area contributed by atoms with E-state index >= 15 is 0 Å². The topological polar surface area (TPSA) is 16.4 Å². The van der Waals surface area contributed by atoms with Gasteiger partial charge in [0.25, 0.3) is 0 Å². The van der Waals surface area contributed by atoms with Gasteiger partial charge in [-0.15, -0.1) is 0 Å². The van der Waals surface area contributed by atoms with Crippen LogP contribution in [0, 0.1) is 0 Å². The molecule has 0 N–H and O–H groups in total. The standard InChI is InChI=1S/C18H25NO/c1-18(2,3)15-5-6-16-14(11-15)12-17(20-16)13-7-9-19(4)10-8-13/h5-6,11-13H,7-10H2,1-4H3. The first-order valence-electron chi connectivity index (χ1n) is 7.66. The largest absolute Gasteiger partial charge is 0.461 e. The van der Waals surface area contributed by atoms with Crippen LogP contribution < -0.4 is 0 Å². The monoisotopic (exact) mass is 271 g/mol. The Morgan fingerprint density at radius 3 is 2.45 bits per heavy atom. The minimum absolute atomic E-state index is 0.194. The molecule has 0 unspecified atom stereocenters. The molecule has 108 valence electrons. The van der Waals surface area contributed by atoms with Crippen LogP contribution in [0.2, 0.25) is 0 Å². The van der Waals surface area contributed by atoms with Gasteiger partial charge < -0.3 is 9.32 Å². The lowest BCUT2D eigenvalue weighted by Crippen LogP contribution is -2.29. The van der Waals surface area contributed by atoms with Crippen LogP contribution in [0.3, 0.4) is 0 Å². The maximum atomic E-state index is 6.09. The molecule has 2 heteroatoms. The number of nitrogens with zero attached hydrogens (tertiary/aromatic N) is 1. The molecule has 20 heavy (non-hydrogen) atoms. The molecule has 1 fully saturated rings. The summed E-state index contributed by atoms with van der Waals surface area (Å²) in [5.74, 6) is 1.77. The Labute approximate surface area is 121 Å². The fourth-order valence-electron chi connectivity index (χ4n) is 3.02. The Balaban J connectivity index is 1.91. The molecule has 3 rings (SSSR count). The first-order chi connectivity index (χ1) is 9.43. The van der Waals surface area contributed by atoms with Crippen molar-refractivity contribution in [2.75, 3.05) is 20.1 Å². The van der Waals surface area contributed by atoms with Crippen LogP contribution in [0.25, 0.3) is 11.0 Å². The highest BCUT2D eigenvalue weighted by Gasteiger charge is 2.22. The highest BCUT2D eigenvalue weighted by Crippen LogP contribution is 2.33. The van der Waals surface area contributed by atoms with Gasteiger partial charge in [0.15, 0.2) is 0 Å². The minimum atomic E-state index is 0.194. The molecule has 1 aliphatic heterocycles.